The molecule has 0 aromatic carbocycles. The molecule has 1 aliphatic carbocycles. The number of aliphatic hydroxyl groups is 1. The van der Waals surface area contributed by atoms with Crippen LogP contribution < -0.4 is 5.32 Å². The van der Waals surface area contributed by atoms with Gasteiger partial charge in [0.05, 0.1) is 13.2 Å². The first-order valence-electron chi connectivity index (χ1n) is 9.02. The van der Waals surface area contributed by atoms with Crippen LogP contribution in [0.5, 0.6) is 0 Å². The average Bonchev–Trinajstić information content (AvgIpc) is 2.54. The molecule has 138 valence electrons. The molecule has 4 nitrogen and oxygen atoms in total. The summed E-state index contributed by atoms with van der Waals surface area (Å²) >= 11 is 0. The van der Waals surface area contributed by atoms with Crippen LogP contribution in [0.3, 0.4) is 0 Å². The van der Waals surface area contributed by atoms with Crippen molar-refractivity contribution in [1.29, 1.82) is 0 Å². The summed E-state index contributed by atoms with van der Waals surface area (Å²) in [5, 5.41) is 12.2. The Morgan fingerprint density at radius 3 is 2.79 bits per heavy atom. The lowest BCUT2D eigenvalue weighted by Crippen LogP contribution is -2.52. The molecule has 1 heterocycles. The Labute approximate surface area is 147 Å². The van der Waals surface area contributed by atoms with Crippen molar-refractivity contribution in [3.63, 3.8) is 0 Å². The highest BCUT2D eigenvalue weighted by atomic mass is 16.5. The Balaban J connectivity index is 0.000000245. The number of piperidine rings is 1. The van der Waals surface area contributed by atoms with Crippen LogP contribution >= 0.6 is 0 Å². The second-order valence-corrected chi connectivity index (χ2v) is 7.49. The highest BCUT2D eigenvalue weighted by molar-refractivity contribution is 5.80. The maximum Gasteiger partial charge on any atom is 0.133 e. The summed E-state index contributed by atoms with van der Waals surface area (Å²) in [7, 11) is 1.66. The summed E-state index contributed by atoms with van der Waals surface area (Å²) in [6.45, 7) is 10.3. The molecule has 3 unspecified atom stereocenters. The minimum atomic E-state index is 0.128. The molecular formula is C20H35NO3. The van der Waals surface area contributed by atoms with Crippen LogP contribution in [0.2, 0.25) is 0 Å². The summed E-state index contributed by atoms with van der Waals surface area (Å²) in [4.78, 5) is 11.4. The van der Waals surface area contributed by atoms with Gasteiger partial charge in [-0.25, -0.2) is 0 Å². The molecule has 0 bridgehead atoms. The van der Waals surface area contributed by atoms with Crippen LogP contribution in [0.1, 0.15) is 53.4 Å². The fourth-order valence-corrected chi connectivity index (χ4v) is 3.78. The highest BCUT2D eigenvalue weighted by Gasteiger charge is 2.44. The zero-order valence-corrected chi connectivity index (χ0v) is 16.0. The number of hydrogen-bond donors (Lipinski definition) is 2. The topological polar surface area (TPSA) is 58.6 Å². The molecule has 0 radical (unpaired) electrons. The number of Topliss-reactive ketones (excluding diaryl/α,β-unsaturated/α-hetero) is 1. The van der Waals surface area contributed by atoms with E-state index in [-0.39, 0.29) is 6.61 Å². The van der Waals surface area contributed by atoms with Crippen molar-refractivity contribution in [3.05, 3.63) is 23.3 Å². The molecule has 1 saturated carbocycles. The number of allylic oxidation sites excluding steroid dienone is 2. The second kappa shape index (κ2) is 10.1. The summed E-state index contributed by atoms with van der Waals surface area (Å²) in [5.74, 6) is 1.20. The van der Waals surface area contributed by atoms with Crippen molar-refractivity contribution < 1.29 is 14.6 Å². The van der Waals surface area contributed by atoms with Crippen LogP contribution in [0.25, 0.3) is 0 Å². The van der Waals surface area contributed by atoms with Gasteiger partial charge in [-0.05, 0) is 57.1 Å². The van der Waals surface area contributed by atoms with Crippen molar-refractivity contribution in [3.8, 4) is 0 Å². The largest absolute Gasteiger partial charge is 0.392 e. The number of carbonyl (C=O) groups excluding carboxylic acids is 1. The van der Waals surface area contributed by atoms with Gasteiger partial charge in [-0.3, -0.25) is 4.79 Å². The number of fused-ring (bicyclic) bond motifs is 1. The Kier molecular flexibility index (Phi) is 8.88. The van der Waals surface area contributed by atoms with Gasteiger partial charge < -0.3 is 15.2 Å². The van der Waals surface area contributed by atoms with Crippen LogP contribution in [0.15, 0.2) is 23.3 Å². The van der Waals surface area contributed by atoms with E-state index in [2.05, 4.69) is 19.2 Å². The third-order valence-corrected chi connectivity index (χ3v) is 5.54. The molecule has 3 atom stereocenters. The summed E-state index contributed by atoms with van der Waals surface area (Å²) in [5.41, 5.74) is 2.40. The SMILES string of the molecule is CC1NCCC2(C)CC(=O)CCC12.COC/C=C\C(C)=C(\C)CO. The lowest BCUT2D eigenvalue weighted by Gasteiger charge is -2.48. The molecule has 0 aromatic rings. The summed E-state index contributed by atoms with van der Waals surface area (Å²) in [6, 6.07) is 0.604. The molecule has 2 aliphatic rings. The molecule has 2 N–H and O–H groups in total. The van der Waals surface area contributed by atoms with Crippen molar-refractivity contribution in [1.82, 2.24) is 5.32 Å². The van der Waals surface area contributed by atoms with Gasteiger partial charge in [-0.1, -0.05) is 24.6 Å². The predicted molar refractivity (Wildman–Crippen MR) is 99.0 cm³/mol. The summed E-state index contributed by atoms with van der Waals surface area (Å²) < 4.78 is 4.83. The molecule has 2 fully saturated rings. The van der Waals surface area contributed by atoms with E-state index in [1.807, 2.05) is 26.0 Å². The molecule has 1 saturated heterocycles. The molecular weight excluding hydrogens is 302 g/mol. The zero-order valence-electron chi connectivity index (χ0n) is 16.0. The summed E-state index contributed by atoms with van der Waals surface area (Å²) in [6.07, 6.45) is 7.79. The fraction of sp³-hybridized carbons (Fsp3) is 0.750. The van der Waals surface area contributed by atoms with E-state index in [1.165, 1.54) is 6.42 Å². The highest BCUT2D eigenvalue weighted by Crippen LogP contribution is 2.45. The fourth-order valence-electron chi connectivity index (χ4n) is 3.78. The van der Waals surface area contributed by atoms with Gasteiger partial charge in [0, 0.05) is 26.0 Å². The lowest BCUT2D eigenvalue weighted by molar-refractivity contribution is -0.127. The van der Waals surface area contributed by atoms with E-state index in [9.17, 15) is 4.79 Å². The molecule has 0 aromatic heterocycles. The maximum absolute atomic E-state index is 11.4. The van der Waals surface area contributed by atoms with Crippen molar-refractivity contribution in [2.24, 2.45) is 11.3 Å². The number of aliphatic hydroxyl groups excluding tert-OH is 1. The zero-order chi connectivity index (χ0) is 18.2. The van der Waals surface area contributed by atoms with Crippen LogP contribution in [-0.4, -0.2) is 43.8 Å². The molecule has 4 heteroatoms. The number of ketones is 1. The van der Waals surface area contributed by atoms with Crippen LogP contribution in [-0.2, 0) is 9.53 Å². The van der Waals surface area contributed by atoms with Gasteiger partial charge in [0.1, 0.15) is 5.78 Å². The lowest BCUT2D eigenvalue weighted by atomic mass is 9.61. The Bertz CT molecular complexity index is 470. The van der Waals surface area contributed by atoms with E-state index in [1.54, 1.807) is 7.11 Å². The predicted octanol–water partition coefficient (Wildman–Crippen LogP) is 3.26. The molecule has 0 spiro atoms. The van der Waals surface area contributed by atoms with E-state index in [4.69, 9.17) is 9.84 Å². The number of hydrogen-bond acceptors (Lipinski definition) is 4. The van der Waals surface area contributed by atoms with E-state index >= 15 is 0 Å². The van der Waals surface area contributed by atoms with Crippen LogP contribution in [0, 0.1) is 11.3 Å². The third kappa shape index (κ3) is 6.15. The van der Waals surface area contributed by atoms with Crippen molar-refractivity contribution >= 4 is 5.78 Å². The smallest absolute Gasteiger partial charge is 0.133 e. The second-order valence-electron chi connectivity index (χ2n) is 7.49. The molecule has 0 amide bonds. The number of carbonyl (C=O) groups is 1. The minimum Gasteiger partial charge on any atom is -0.392 e. The van der Waals surface area contributed by atoms with Gasteiger partial charge >= 0.3 is 0 Å². The Morgan fingerprint density at radius 1 is 1.46 bits per heavy atom. The molecule has 2 rings (SSSR count). The average molecular weight is 338 g/mol. The van der Waals surface area contributed by atoms with Crippen molar-refractivity contribution in [2.75, 3.05) is 26.9 Å². The third-order valence-electron chi connectivity index (χ3n) is 5.54. The monoisotopic (exact) mass is 337 g/mol. The minimum absolute atomic E-state index is 0.128. The van der Waals surface area contributed by atoms with Gasteiger partial charge in [0.15, 0.2) is 0 Å². The quantitative estimate of drug-likeness (QED) is 0.773. The first kappa shape index (κ1) is 21.1. The first-order chi connectivity index (χ1) is 11.3. The first-order valence-corrected chi connectivity index (χ1v) is 9.02. The number of methoxy groups -OCH3 is 1. The number of nitrogens with one attached hydrogen (secondary N) is 1. The number of rotatable bonds is 4. The number of ether oxygens (including phenoxy) is 1. The van der Waals surface area contributed by atoms with Crippen LogP contribution in [0.4, 0.5) is 0 Å². The Hall–Kier alpha value is -0.970. The normalized spacial score (nSPS) is 31.2. The Morgan fingerprint density at radius 2 is 2.17 bits per heavy atom. The van der Waals surface area contributed by atoms with E-state index in [0.29, 0.717) is 23.8 Å². The van der Waals surface area contributed by atoms with Gasteiger partial charge in [-0.2, -0.15) is 0 Å². The standard InChI is InChI=1S/C11H19NO.C9H16O2/c1-8-10-4-3-9(13)7-11(10,2)5-6-12-8;1-8(9(2)7-10)5-4-6-11-3/h8,10,12H,3-7H2,1-2H3;4-5,10H,6-7H2,1-3H3/b;5-4-,9-8-. The van der Waals surface area contributed by atoms with E-state index < -0.39 is 0 Å². The van der Waals surface area contributed by atoms with E-state index in [0.717, 1.165) is 42.9 Å². The van der Waals surface area contributed by atoms with Crippen molar-refractivity contribution in [2.45, 2.75) is 59.4 Å². The van der Waals surface area contributed by atoms with Gasteiger partial charge in [0.25, 0.3) is 0 Å². The molecule has 1 aliphatic heterocycles. The molecule has 24 heavy (non-hydrogen) atoms. The maximum atomic E-state index is 11.4. The van der Waals surface area contributed by atoms with Gasteiger partial charge in [-0.15, -0.1) is 0 Å². The van der Waals surface area contributed by atoms with Gasteiger partial charge in [0.2, 0.25) is 0 Å².